The number of aromatic nitrogens is 1. The van der Waals surface area contributed by atoms with Gasteiger partial charge in [0.05, 0.1) is 12.2 Å². The van der Waals surface area contributed by atoms with Gasteiger partial charge in [0.25, 0.3) is 5.91 Å². The minimum Gasteiger partial charge on any atom is -0.315 e. The Morgan fingerprint density at radius 3 is 2.47 bits per heavy atom. The molecule has 1 N–H and O–H groups in total. The van der Waals surface area contributed by atoms with Gasteiger partial charge in [0.1, 0.15) is 11.5 Å². The first-order valence-electron chi connectivity index (χ1n) is 9.38. The molecule has 0 spiro atoms. The highest BCUT2D eigenvalue weighted by molar-refractivity contribution is 6.30. The number of carbonyl (C=O) groups excluding carboxylic acids is 2. The van der Waals surface area contributed by atoms with Gasteiger partial charge >= 0.3 is 6.03 Å². The summed E-state index contributed by atoms with van der Waals surface area (Å²) in [5.74, 6) is -0.747. The van der Waals surface area contributed by atoms with Crippen molar-refractivity contribution >= 4 is 29.6 Å². The maximum atomic E-state index is 14.3. The van der Waals surface area contributed by atoms with Crippen molar-refractivity contribution in [1.82, 2.24) is 14.8 Å². The van der Waals surface area contributed by atoms with E-state index in [1.165, 1.54) is 6.07 Å². The molecule has 2 aromatic carbocycles. The third-order valence-corrected chi connectivity index (χ3v) is 5.33. The Morgan fingerprint density at radius 1 is 1.07 bits per heavy atom. The minimum absolute atomic E-state index is 0.146. The number of rotatable bonds is 4. The van der Waals surface area contributed by atoms with E-state index in [0.717, 1.165) is 27.4 Å². The third kappa shape index (κ3) is 3.62. The Labute approximate surface area is 178 Å². The molecule has 1 aliphatic heterocycles. The van der Waals surface area contributed by atoms with Crippen LogP contribution in [0.2, 0.25) is 5.02 Å². The number of hydrogen-bond acceptors (Lipinski definition) is 2. The van der Waals surface area contributed by atoms with Gasteiger partial charge in [-0.2, -0.15) is 0 Å². The lowest BCUT2D eigenvalue weighted by molar-refractivity contribution is -0.123. The normalized spacial score (nSPS) is 15.2. The van der Waals surface area contributed by atoms with E-state index in [4.69, 9.17) is 11.6 Å². The average molecular weight is 424 g/mol. The molecule has 0 aliphatic carbocycles. The van der Waals surface area contributed by atoms with Crippen LogP contribution in [0.1, 0.15) is 22.5 Å². The van der Waals surface area contributed by atoms with Crippen LogP contribution in [0.3, 0.4) is 0 Å². The van der Waals surface area contributed by atoms with Crippen molar-refractivity contribution in [1.29, 1.82) is 0 Å². The fourth-order valence-electron chi connectivity index (χ4n) is 3.58. The van der Waals surface area contributed by atoms with Crippen LogP contribution in [0.25, 0.3) is 11.8 Å². The second-order valence-corrected chi connectivity index (χ2v) is 7.56. The molecule has 30 heavy (non-hydrogen) atoms. The van der Waals surface area contributed by atoms with E-state index < -0.39 is 11.9 Å². The largest absolute Gasteiger partial charge is 0.329 e. The Bertz CT molecular complexity index is 1180. The second kappa shape index (κ2) is 7.80. The summed E-state index contributed by atoms with van der Waals surface area (Å²) in [4.78, 5) is 26.3. The summed E-state index contributed by atoms with van der Waals surface area (Å²) in [7, 11) is 0. The molecular formula is C23H19ClFN3O2. The number of amides is 3. The van der Waals surface area contributed by atoms with Crippen LogP contribution in [-0.4, -0.2) is 21.4 Å². The summed E-state index contributed by atoms with van der Waals surface area (Å²) in [6.07, 6.45) is 1.63. The van der Waals surface area contributed by atoms with E-state index in [1.807, 2.05) is 19.9 Å². The van der Waals surface area contributed by atoms with Gasteiger partial charge in [-0.05, 0) is 61.4 Å². The number of urea groups is 1. The van der Waals surface area contributed by atoms with Gasteiger partial charge < -0.3 is 9.88 Å². The average Bonchev–Trinajstić information content (AvgIpc) is 3.14. The molecule has 0 radical (unpaired) electrons. The Balaban J connectivity index is 1.63. The summed E-state index contributed by atoms with van der Waals surface area (Å²) in [6, 6.07) is 14.8. The first-order valence-corrected chi connectivity index (χ1v) is 9.76. The maximum Gasteiger partial charge on any atom is 0.329 e. The molecule has 2 heterocycles. The molecule has 5 nitrogen and oxygen atoms in total. The van der Waals surface area contributed by atoms with Gasteiger partial charge in [-0.15, -0.1) is 0 Å². The zero-order valence-corrected chi connectivity index (χ0v) is 17.2. The Hall–Kier alpha value is -3.38. The van der Waals surface area contributed by atoms with Crippen molar-refractivity contribution in [3.8, 4) is 5.69 Å². The van der Waals surface area contributed by atoms with Gasteiger partial charge in [0.15, 0.2) is 0 Å². The Morgan fingerprint density at radius 2 is 1.77 bits per heavy atom. The van der Waals surface area contributed by atoms with Crippen LogP contribution < -0.4 is 5.32 Å². The fourth-order valence-corrected chi connectivity index (χ4v) is 3.71. The van der Waals surface area contributed by atoms with Crippen molar-refractivity contribution < 1.29 is 14.0 Å². The van der Waals surface area contributed by atoms with Gasteiger partial charge in [-0.25, -0.2) is 9.18 Å². The number of carbonyl (C=O) groups is 2. The van der Waals surface area contributed by atoms with Crippen LogP contribution in [0.4, 0.5) is 9.18 Å². The molecule has 0 bridgehead atoms. The molecule has 1 fully saturated rings. The van der Waals surface area contributed by atoms with E-state index in [9.17, 15) is 14.0 Å². The lowest BCUT2D eigenvalue weighted by atomic mass is 10.2. The Kier molecular flexibility index (Phi) is 5.18. The van der Waals surface area contributed by atoms with Gasteiger partial charge in [-0.3, -0.25) is 9.69 Å². The highest BCUT2D eigenvalue weighted by Crippen LogP contribution is 2.25. The van der Waals surface area contributed by atoms with Crippen molar-refractivity contribution in [2.24, 2.45) is 0 Å². The van der Waals surface area contributed by atoms with Gasteiger partial charge in [0, 0.05) is 16.4 Å². The van der Waals surface area contributed by atoms with Crippen molar-refractivity contribution in [2.75, 3.05) is 0 Å². The zero-order chi connectivity index (χ0) is 21.4. The summed E-state index contributed by atoms with van der Waals surface area (Å²) >= 11 is 5.89. The number of aryl methyl sites for hydroxylation is 1. The van der Waals surface area contributed by atoms with E-state index >= 15 is 0 Å². The zero-order valence-electron chi connectivity index (χ0n) is 16.4. The summed E-state index contributed by atoms with van der Waals surface area (Å²) in [5, 5.41) is 3.22. The smallest absolute Gasteiger partial charge is 0.315 e. The molecule has 1 aromatic heterocycles. The quantitative estimate of drug-likeness (QED) is 0.475. The molecule has 1 aliphatic rings. The molecule has 0 atom stereocenters. The van der Waals surface area contributed by atoms with Crippen molar-refractivity contribution in [3.05, 3.63) is 93.6 Å². The first kappa shape index (κ1) is 19.9. The first-order chi connectivity index (χ1) is 14.3. The molecule has 7 heteroatoms. The minimum atomic E-state index is -0.482. The summed E-state index contributed by atoms with van der Waals surface area (Å²) in [6.45, 7) is 3.86. The van der Waals surface area contributed by atoms with Crippen LogP contribution in [0.15, 0.2) is 60.3 Å². The second-order valence-electron chi connectivity index (χ2n) is 7.12. The molecule has 3 aromatic rings. The highest BCUT2D eigenvalue weighted by Gasteiger charge is 2.33. The predicted octanol–water partition coefficient (Wildman–Crippen LogP) is 4.98. The van der Waals surface area contributed by atoms with Crippen LogP contribution in [-0.2, 0) is 11.3 Å². The molecular weight excluding hydrogens is 405 g/mol. The number of halogens is 2. The monoisotopic (exact) mass is 423 g/mol. The molecule has 0 saturated carbocycles. The molecule has 1 saturated heterocycles. The van der Waals surface area contributed by atoms with Crippen molar-refractivity contribution in [3.63, 3.8) is 0 Å². The number of para-hydroxylation sites is 1. The number of nitrogens with zero attached hydrogens (tertiary/aromatic N) is 2. The lowest BCUT2D eigenvalue weighted by Gasteiger charge is -2.11. The maximum absolute atomic E-state index is 14.3. The van der Waals surface area contributed by atoms with Crippen LogP contribution in [0.5, 0.6) is 0 Å². The van der Waals surface area contributed by atoms with Gasteiger partial charge in [0.2, 0.25) is 0 Å². The summed E-state index contributed by atoms with van der Waals surface area (Å²) in [5.41, 5.74) is 3.73. The van der Waals surface area contributed by atoms with E-state index in [0.29, 0.717) is 10.7 Å². The molecule has 4 rings (SSSR count). The van der Waals surface area contributed by atoms with Gasteiger partial charge in [-0.1, -0.05) is 35.9 Å². The van der Waals surface area contributed by atoms with Crippen molar-refractivity contribution in [2.45, 2.75) is 20.4 Å². The van der Waals surface area contributed by atoms with E-state index in [-0.39, 0.29) is 18.1 Å². The summed E-state index contributed by atoms with van der Waals surface area (Å²) < 4.78 is 16.1. The molecule has 0 unspecified atom stereocenters. The highest BCUT2D eigenvalue weighted by atomic mass is 35.5. The standard InChI is InChI=1S/C23H19ClFN3O2/c1-14-11-17(15(2)28(14)21-6-4-3-5-19(21)25)12-20-22(29)27(23(30)26-20)13-16-7-9-18(24)10-8-16/h3-12H,13H2,1-2H3,(H,26,30)/b20-12-. The SMILES string of the molecule is Cc1cc(/C=C2\NC(=O)N(Cc3ccc(Cl)cc3)C2=O)c(C)n1-c1ccccc1F. The molecule has 152 valence electrons. The fraction of sp³-hybridized carbons (Fsp3) is 0.130. The number of benzene rings is 2. The molecule has 3 amide bonds. The predicted molar refractivity (Wildman–Crippen MR) is 114 cm³/mol. The number of imide groups is 1. The third-order valence-electron chi connectivity index (χ3n) is 5.08. The lowest BCUT2D eigenvalue weighted by Crippen LogP contribution is -2.30. The number of nitrogens with one attached hydrogen (secondary N) is 1. The van der Waals surface area contributed by atoms with E-state index in [2.05, 4.69) is 5.32 Å². The van der Waals surface area contributed by atoms with Crippen LogP contribution >= 0.6 is 11.6 Å². The number of hydrogen-bond donors (Lipinski definition) is 1. The van der Waals surface area contributed by atoms with E-state index in [1.54, 1.807) is 53.1 Å². The topological polar surface area (TPSA) is 54.3 Å². The van der Waals surface area contributed by atoms with Crippen LogP contribution in [0, 0.1) is 19.7 Å².